The van der Waals surface area contributed by atoms with Gasteiger partial charge in [-0.15, -0.1) is 0 Å². The smallest absolute Gasteiger partial charge is 0.224 e. The molecule has 0 radical (unpaired) electrons. The van der Waals surface area contributed by atoms with Crippen molar-refractivity contribution in [3.8, 4) is 0 Å². The molecule has 4 rings (SSSR count). The Labute approximate surface area is 138 Å². The number of aromatic nitrogens is 3. The number of amides is 1. The van der Waals surface area contributed by atoms with E-state index in [0.29, 0.717) is 5.69 Å². The zero-order chi connectivity index (χ0) is 16.2. The lowest BCUT2D eigenvalue weighted by Gasteiger charge is -2.19. The van der Waals surface area contributed by atoms with Crippen LogP contribution >= 0.6 is 11.6 Å². The van der Waals surface area contributed by atoms with Crippen molar-refractivity contribution < 1.29 is 4.79 Å². The second-order valence-electron chi connectivity index (χ2n) is 6.34. The third kappa shape index (κ3) is 2.43. The molecule has 118 valence electrons. The number of anilines is 2. The van der Waals surface area contributed by atoms with Gasteiger partial charge in [0.15, 0.2) is 0 Å². The first kappa shape index (κ1) is 14.4. The molecule has 0 bridgehead atoms. The Kier molecular flexibility index (Phi) is 3.06. The van der Waals surface area contributed by atoms with E-state index in [9.17, 15) is 4.79 Å². The fourth-order valence-electron chi connectivity index (χ4n) is 3.30. The van der Waals surface area contributed by atoms with E-state index in [1.165, 1.54) is 5.56 Å². The normalized spacial score (nSPS) is 17.4. The maximum absolute atomic E-state index is 11.2. The molecule has 1 fully saturated rings. The Balaban J connectivity index is 1.80. The van der Waals surface area contributed by atoms with Crippen LogP contribution in [-0.2, 0) is 16.6 Å². The highest BCUT2D eigenvalue weighted by Gasteiger charge is 2.52. The van der Waals surface area contributed by atoms with Gasteiger partial charge in [-0.1, -0.05) is 0 Å². The van der Waals surface area contributed by atoms with Crippen LogP contribution in [0.25, 0.3) is 0 Å². The Morgan fingerprint density at radius 2 is 2.17 bits per heavy atom. The van der Waals surface area contributed by atoms with Crippen molar-refractivity contribution in [2.75, 3.05) is 11.4 Å². The van der Waals surface area contributed by atoms with Gasteiger partial charge in [0.25, 0.3) is 0 Å². The van der Waals surface area contributed by atoms with Crippen molar-refractivity contribution in [1.29, 1.82) is 0 Å². The predicted molar refractivity (Wildman–Crippen MR) is 86.8 cm³/mol. The molecule has 0 saturated heterocycles. The summed E-state index contributed by atoms with van der Waals surface area (Å²) in [6.07, 6.45) is 4.31. The lowest BCUT2D eigenvalue weighted by atomic mass is 10.0. The number of nitrogens with two attached hydrogens (primary N) is 1. The topological polar surface area (TPSA) is 85.0 Å². The van der Waals surface area contributed by atoms with E-state index in [2.05, 4.69) is 19.9 Å². The quantitative estimate of drug-likeness (QED) is 0.871. The number of carbonyl (C=O) groups excluding carboxylic acids is 1. The molecule has 1 amide bonds. The molecular weight excluding hydrogens is 314 g/mol. The van der Waals surface area contributed by atoms with Crippen molar-refractivity contribution in [2.45, 2.75) is 31.6 Å². The molecule has 0 atom stereocenters. The molecule has 0 unspecified atom stereocenters. The summed E-state index contributed by atoms with van der Waals surface area (Å²) in [6, 6.07) is 3.86. The van der Waals surface area contributed by atoms with Crippen molar-refractivity contribution in [3.05, 3.63) is 40.6 Å². The number of carbonyl (C=O) groups is 1. The first-order valence-corrected chi connectivity index (χ1v) is 7.91. The number of fused-ring (bicyclic) bond motifs is 2. The van der Waals surface area contributed by atoms with E-state index >= 15 is 0 Å². The van der Waals surface area contributed by atoms with Gasteiger partial charge in [0.1, 0.15) is 5.82 Å². The van der Waals surface area contributed by atoms with E-state index in [4.69, 9.17) is 17.3 Å². The summed E-state index contributed by atoms with van der Waals surface area (Å²) in [5.74, 6) is 0.396. The van der Waals surface area contributed by atoms with Gasteiger partial charge in [0, 0.05) is 41.2 Å². The molecule has 1 aliphatic heterocycles. The molecule has 6 nitrogen and oxygen atoms in total. The number of hydrogen-bond acceptors (Lipinski definition) is 5. The van der Waals surface area contributed by atoms with Crippen LogP contribution in [0.15, 0.2) is 18.3 Å². The van der Waals surface area contributed by atoms with Crippen LogP contribution < -0.4 is 10.6 Å². The lowest BCUT2D eigenvalue weighted by molar-refractivity contribution is -0.117. The maximum Gasteiger partial charge on any atom is 0.224 e. The Hall–Kier alpha value is -2.21. The van der Waals surface area contributed by atoms with Gasteiger partial charge in [-0.2, -0.15) is 0 Å². The van der Waals surface area contributed by atoms with Crippen molar-refractivity contribution in [3.63, 3.8) is 0 Å². The van der Waals surface area contributed by atoms with Crippen LogP contribution in [0.1, 0.15) is 29.8 Å². The van der Waals surface area contributed by atoms with E-state index < -0.39 is 0 Å². The SMILES string of the molecule is Cc1cc(N2CC3(CC3)c3cnc(CC(N)=O)cc32)nc(Cl)n1. The van der Waals surface area contributed by atoms with E-state index in [-0.39, 0.29) is 23.0 Å². The highest BCUT2D eigenvalue weighted by atomic mass is 35.5. The number of pyridine rings is 1. The minimum atomic E-state index is -0.385. The van der Waals surface area contributed by atoms with Gasteiger partial charge in [-0.25, -0.2) is 9.97 Å². The van der Waals surface area contributed by atoms with Gasteiger partial charge in [0.05, 0.1) is 12.1 Å². The summed E-state index contributed by atoms with van der Waals surface area (Å²) >= 11 is 6.02. The highest BCUT2D eigenvalue weighted by Crippen LogP contribution is 2.57. The molecule has 23 heavy (non-hydrogen) atoms. The average molecular weight is 330 g/mol. The van der Waals surface area contributed by atoms with Crippen LogP contribution in [0.5, 0.6) is 0 Å². The zero-order valence-electron chi connectivity index (χ0n) is 12.7. The Morgan fingerprint density at radius 1 is 1.39 bits per heavy atom. The first-order chi connectivity index (χ1) is 11.0. The number of nitrogens with zero attached hydrogens (tertiary/aromatic N) is 4. The molecular formula is C16H16ClN5O. The number of rotatable bonds is 3. The molecule has 7 heteroatoms. The molecule has 3 heterocycles. The summed E-state index contributed by atoms with van der Waals surface area (Å²) in [5.41, 5.74) is 9.22. The lowest BCUT2D eigenvalue weighted by Crippen LogP contribution is -2.20. The van der Waals surface area contributed by atoms with Crippen LogP contribution in [0, 0.1) is 6.92 Å². The van der Waals surface area contributed by atoms with Crippen molar-refractivity contribution in [2.24, 2.45) is 5.73 Å². The summed E-state index contributed by atoms with van der Waals surface area (Å²) in [7, 11) is 0. The standard InChI is InChI=1S/C16H16ClN5O/c1-9-4-14(21-15(17)20-9)22-8-16(2-3-16)11-7-19-10(5-12(11)22)6-13(18)23/h4-5,7H,2-3,6,8H2,1H3,(H2,18,23). The first-order valence-electron chi connectivity index (χ1n) is 7.53. The van der Waals surface area contributed by atoms with Crippen LogP contribution in [0.3, 0.4) is 0 Å². The Morgan fingerprint density at radius 3 is 2.83 bits per heavy atom. The van der Waals surface area contributed by atoms with Crippen molar-refractivity contribution in [1.82, 2.24) is 15.0 Å². The molecule has 2 aromatic rings. The second kappa shape index (κ2) is 4.89. The van der Waals surface area contributed by atoms with Crippen LogP contribution in [0.4, 0.5) is 11.5 Å². The van der Waals surface area contributed by atoms with Crippen molar-refractivity contribution >= 4 is 29.0 Å². The zero-order valence-corrected chi connectivity index (χ0v) is 13.5. The molecule has 1 spiro atoms. The fourth-order valence-corrected chi connectivity index (χ4v) is 3.52. The fraction of sp³-hybridized carbons (Fsp3) is 0.375. The number of primary amides is 1. The van der Waals surface area contributed by atoms with E-state index in [1.807, 2.05) is 25.3 Å². The monoisotopic (exact) mass is 329 g/mol. The number of halogens is 1. The second-order valence-corrected chi connectivity index (χ2v) is 6.68. The molecule has 1 saturated carbocycles. The molecule has 1 aliphatic carbocycles. The van der Waals surface area contributed by atoms with Gasteiger partial charge < -0.3 is 10.6 Å². The van der Waals surface area contributed by atoms with Gasteiger partial charge in [-0.05, 0) is 37.4 Å². The van der Waals surface area contributed by atoms with Gasteiger partial charge in [-0.3, -0.25) is 9.78 Å². The third-order valence-corrected chi connectivity index (χ3v) is 4.73. The average Bonchev–Trinajstić information content (AvgIpc) is 3.16. The molecule has 2 N–H and O–H groups in total. The predicted octanol–water partition coefficient (Wildman–Crippen LogP) is 2.04. The minimum absolute atomic E-state index is 0.137. The van der Waals surface area contributed by atoms with Crippen LogP contribution in [-0.4, -0.2) is 27.4 Å². The molecule has 2 aliphatic rings. The van der Waals surface area contributed by atoms with Crippen LogP contribution in [0.2, 0.25) is 5.28 Å². The number of hydrogen-bond donors (Lipinski definition) is 1. The third-order valence-electron chi connectivity index (χ3n) is 4.56. The summed E-state index contributed by atoms with van der Waals surface area (Å²) in [4.78, 5) is 26.2. The number of aryl methyl sites for hydroxylation is 1. The van der Waals surface area contributed by atoms with E-state index in [1.54, 1.807) is 0 Å². The van der Waals surface area contributed by atoms with Gasteiger partial charge in [0.2, 0.25) is 11.2 Å². The summed E-state index contributed by atoms with van der Waals surface area (Å²) < 4.78 is 0. The summed E-state index contributed by atoms with van der Waals surface area (Å²) in [5, 5.41) is 0.240. The molecule has 0 aromatic carbocycles. The maximum atomic E-state index is 11.2. The largest absolute Gasteiger partial charge is 0.369 e. The highest BCUT2D eigenvalue weighted by molar-refractivity contribution is 6.28. The summed E-state index contributed by atoms with van der Waals surface area (Å²) in [6.45, 7) is 2.75. The minimum Gasteiger partial charge on any atom is -0.369 e. The van der Waals surface area contributed by atoms with Gasteiger partial charge >= 0.3 is 0 Å². The molecule has 2 aromatic heterocycles. The van der Waals surface area contributed by atoms with E-state index in [0.717, 1.165) is 36.6 Å². The Bertz CT molecular complexity index is 798.